The van der Waals surface area contributed by atoms with Crippen molar-refractivity contribution in [1.29, 1.82) is 0 Å². The van der Waals surface area contributed by atoms with Gasteiger partial charge in [-0.25, -0.2) is 13.2 Å². The molecule has 5 nitrogen and oxygen atoms in total. The van der Waals surface area contributed by atoms with Crippen LogP contribution in [0.5, 0.6) is 0 Å². The van der Waals surface area contributed by atoms with E-state index in [9.17, 15) is 13.2 Å². The second kappa shape index (κ2) is 8.28. The van der Waals surface area contributed by atoms with Crippen molar-refractivity contribution in [3.63, 3.8) is 0 Å². The number of carbonyl (C=O) groups is 1. The van der Waals surface area contributed by atoms with Crippen LogP contribution in [0.1, 0.15) is 72.1 Å². The van der Waals surface area contributed by atoms with Crippen molar-refractivity contribution in [3.05, 3.63) is 0 Å². The molecule has 6 heteroatoms. The number of hydrogen-bond donors (Lipinski definition) is 2. The summed E-state index contributed by atoms with van der Waals surface area (Å²) in [5.74, 6) is 1.45. The minimum absolute atomic E-state index is 0.0258. The average Bonchev–Trinajstić information content (AvgIpc) is 2.44. The van der Waals surface area contributed by atoms with Gasteiger partial charge in [0, 0.05) is 18.8 Å². The second-order valence-electron chi connectivity index (χ2n) is 9.28. The Balaban J connectivity index is 1.70. The number of rotatable bonds is 5. The largest absolute Gasteiger partial charge is 0.338 e. The highest BCUT2D eigenvalue weighted by molar-refractivity contribution is 7.91. The fourth-order valence-corrected chi connectivity index (χ4v) is 6.23. The molecule has 2 aliphatic rings. The Hall–Kier alpha value is -0.780. The van der Waals surface area contributed by atoms with Crippen molar-refractivity contribution >= 4 is 15.9 Å². The molecule has 0 bridgehead atoms. The fourth-order valence-electron chi connectivity index (χ4n) is 5.05. The molecule has 4 atom stereocenters. The summed E-state index contributed by atoms with van der Waals surface area (Å²) in [6.45, 7) is 7.71. The van der Waals surface area contributed by atoms with E-state index >= 15 is 0 Å². The van der Waals surface area contributed by atoms with Crippen molar-refractivity contribution in [2.45, 2.75) is 83.4 Å². The van der Waals surface area contributed by atoms with E-state index < -0.39 is 9.84 Å². The van der Waals surface area contributed by atoms with Gasteiger partial charge in [0.2, 0.25) is 0 Å². The normalized spacial score (nSPS) is 32.8. The first-order valence-corrected chi connectivity index (χ1v) is 11.7. The summed E-state index contributed by atoms with van der Waals surface area (Å²) in [6.07, 6.45) is 9.09. The third-order valence-corrected chi connectivity index (χ3v) is 7.52. The van der Waals surface area contributed by atoms with Crippen molar-refractivity contribution in [2.75, 3.05) is 12.8 Å². The minimum Gasteiger partial charge on any atom is -0.338 e. The third kappa shape index (κ3) is 6.80. The van der Waals surface area contributed by atoms with Gasteiger partial charge < -0.3 is 10.6 Å². The van der Waals surface area contributed by atoms with Gasteiger partial charge in [0.15, 0.2) is 0 Å². The van der Waals surface area contributed by atoms with Gasteiger partial charge in [0.1, 0.15) is 9.84 Å². The van der Waals surface area contributed by atoms with Crippen LogP contribution < -0.4 is 10.6 Å². The van der Waals surface area contributed by atoms with E-state index in [2.05, 4.69) is 31.4 Å². The Labute approximate surface area is 153 Å². The molecule has 0 aliphatic heterocycles. The van der Waals surface area contributed by atoms with Gasteiger partial charge in [0.25, 0.3) is 0 Å². The summed E-state index contributed by atoms with van der Waals surface area (Å²) >= 11 is 0. The van der Waals surface area contributed by atoms with Gasteiger partial charge in [-0.1, -0.05) is 27.2 Å². The zero-order chi connectivity index (χ0) is 18.7. The SMILES string of the molecule is CC1CC(CCNC(=O)NC2CCCC(S(C)(=O)=O)C2)CC(C)(C)C1. The molecule has 2 aliphatic carbocycles. The Kier molecular flexibility index (Phi) is 6.80. The standard InChI is InChI=1S/C19H36N2O3S/c1-14-10-15(13-19(2,3)12-14)8-9-20-18(22)21-16-6-5-7-17(11-16)25(4,23)24/h14-17H,5-13H2,1-4H3,(H2,20,21,22). The van der Waals surface area contributed by atoms with E-state index in [0.717, 1.165) is 25.2 Å². The Morgan fingerprint density at radius 3 is 2.52 bits per heavy atom. The molecule has 2 N–H and O–H groups in total. The molecule has 0 aromatic heterocycles. The molecule has 2 amide bonds. The van der Waals surface area contributed by atoms with E-state index in [1.807, 2.05) is 0 Å². The van der Waals surface area contributed by atoms with Crippen molar-refractivity contribution < 1.29 is 13.2 Å². The summed E-state index contributed by atoms with van der Waals surface area (Å²) in [4.78, 5) is 12.1. The van der Waals surface area contributed by atoms with Crippen LogP contribution in [-0.2, 0) is 9.84 Å². The van der Waals surface area contributed by atoms with E-state index in [4.69, 9.17) is 0 Å². The van der Waals surface area contributed by atoms with Gasteiger partial charge in [-0.3, -0.25) is 0 Å². The average molecular weight is 373 g/mol. The highest BCUT2D eigenvalue weighted by Crippen LogP contribution is 2.42. The molecule has 4 unspecified atom stereocenters. The molecular formula is C19H36N2O3S. The van der Waals surface area contributed by atoms with Crippen LogP contribution in [0.2, 0.25) is 0 Å². The summed E-state index contributed by atoms with van der Waals surface area (Å²) in [6, 6.07) is -0.176. The molecule has 2 saturated carbocycles. The minimum atomic E-state index is -3.01. The summed E-state index contributed by atoms with van der Waals surface area (Å²) in [7, 11) is -3.01. The van der Waals surface area contributed by atoms with Crippen LogP contribution in [0.15, 0.2) is 0 Å². The quantitative estimate of drug-likeness (QED) is 0.775. The number of hydrogen-bond acceptors (Lipinski definition) is 3. The first kappa shape index (κ1) is 20.5. The lowest BCUT2D eigenvalue weighted by molar-refractivity contribution is 0.127. The zero-order valence-corrected chi connectivity index (χ0v) is 17.1. The van der Waals surface area contributed by atoms with E-state index in [1.165, 1.54) is 25.5 Å². The molecule has 2 fully saturated rings. The predicted octanol–water partition coefficient (Wildman–Crippen LogP) is 3.49. The third-order valence-electron chi connectivity index (χ3n) is 5.88. The molecule has 25 heavy (non-hydrogen) atoms. The number of urea groups is 1. The highest BCUT2D eigenvalue weighted by Gasteiger charge is 2.32. The van der Waals surface area contributed by atoms with Gasteiger partial charge in [-0.15, -0.1) is 0 Å². The van der Waals surface area contributed by atoms with Gasteiger partial charge in [-0.2, -0.15) is 0 Å². The lowest BCUT2D eigenvalue weighted by atomic mass is 9.67. The first-order valence-electron chi connectivity index (χ1n) is 9.78. The number of carbonyl (C=O) groups excluding carboxylic acids is 1. The van der Waals surface area contributed by atoms with Crippen LogP contribution in [-0.4, -0.2) is 38.5 Å². The highest BCUT2D eigenvalue weighted by atomic mass is 32.2. The molecule has 0 spiro atoms. The molecule has 0 radical (unpaired) electrons. The van der Waals surface area contributed by atoms with Crippen LogP contribution in [0.25, 0.3) is 0 Å². The molecule has 0 saturated heterocycles. The van der Waals surface area contributed by atoms with Gasteiger partial charge in [-0.05, 0) is 62.2 Å². The molecular weight excluding hydrogens is 336 g/mol. The van der Waals surface area contributed by atoms with Crippen LogP contribution in [0.3, 0.4) is 0 Å². The van der Waals surface area contributed by atoms with Gasteiger partial charge in [0.05, 0.1) is 5.25 Å². The lowest BCUT2D eigenvalue weighted by Crippen LogP contribution is -2.46. The maximum atomic E-state index is 12.1. The van der Waals surface area contributed by atoms with Crippen molar-refractivity contribution in [2.24, 2.45) is 17.3 Å². The zero-order valence-electron chi connectivity index (χ0n) is 16.3. The molecule has 146 valence electrons. The fraction of sp³-hybridized carbons (Fsp3) is 0.947. The Morgan fingerprint density at radius 2 is 1.88 bits per heavy atom. The van der Waals surface area contributed by atoms with Crippen molar-refractivity contribution in [1.82, 2.24) is 10.6 Å². The van der Waals surface area contributed by atoms with Crippen molar-refractivity contribution in [3.8, 4) is 0 Å². The predicted molar refractivity (Wildman–Crippen MR) is 102 cm³/mol. The maximum absolute atomic E-state index is 12.1. The van der Waals surface area contributed by atoms with E-state index in [1.54, 1.807) is 0 Å². The Bertz CT molecular complexity index is 559. The first-order chi connectivity index (χ1) is 11.5. The number of sulfone groups is 1. The molecule has 0 heterocycles. The summed E-state index contributed by atoms with van der Waals surface area (Å²) < 4.78 is 23.4. The van der Waals surface area contributed by atoms with Gasteiger partial charge >= 0.3 is 6.03 Å². The van der Waals surface area contributed by atoms with Crippen LogP contribution in [0.4, 0.5) is 4.79 Å². The summed E-state index contributed by atoms with van der Waals surface area (Å²) in [5, 5.41) is 5.63. The van der Waals surface area contributed by atoms with Crippen LogP contribution >= 0.6 is 0 Å². The summed E-state index contributed by atoms with van der Waals surface area (Å²) in [5.41, 5.74) is 0.410. The molecule has 0 aromatic carbocycles. The van der Waals surface area contributed by atoms with E-state index in [-0.39, 0.29) is 17.3 Å². The maximum Gasteiger partial charge on any atom is 0.315 e. The number of nitrogens with one attached hydrogen (secondary N) is 2. The number of amides is 2. The van der Waals surface area contributed by atoms with E-state index in [0.29, 0.717) is 30.7 Å². The molecule has 0 aromatic rings. The molecule has 2 rings (SSSR count). The monoisotopic (exact) mass is 372 g/mol. The Morgan fingerprint density at radius 1 is 1.16 bits per heavy atom. The smallest absolute Gasteiger partial charge is 0.315 e. The topological polar surface area (TPSA) is 75.3 Å². The lowest BCUT2D eigenvalue weighted by Gasteiger charge is -2.39. The van der Waals surface area contributed by atoms with Crippen LogP contribution in [0, 0.1) is 17.3 Å². The second-order valence-corrected chi connectivity index (χ2v) is 11.6.